The van der Waals surface area contributed by atoms with Gasteiger partial charge < -0.3 is 19.8 Å². The van der Waals surface area contributed by atoms with E-state index in [1.165, 1.54) is 13.4 Å². The van der Waals surface area contributed by atoms with Crippen molar-refractivity contribution in [2.75, 3.05) is 20.0 Å². The van der Waals surface area contributed by atoms with Gasteiger partial charge in [-0.1, -0.05) is 17.7 Å². The molecule has 2 rings (SSSR count). The summed E-state index contributed by atoms with van der Waals surface area (Å²) in [6.07, 6.45) is 1.46. The van der Waals surface area contributed by atoms with E-state index in [1.807, 2.05) is 0 Å². The minimum atomic E-state index is -0.577. The maximum Gasteiger partial charge on any atom is 0.360 e. The summed E-state index contributed by atoms with van der Waals surface area (Å²) in [5, 5.41) is 0.553. The summed E-state index contributed by atoms with van der Waals surface area (Å²) in [5.74, 6) is 0.288. The van der Waals surface area contributed by atoms with Crippen LogP contribution in [0.5, 0.6) is 5.75 Å². The summed E-state index contributed by atoms with van der Waals surface area (Å²) in [4.78, 5) is 15.4. The van der Waals surface area contributed by atoms with Crippen molar-refractivity contribution in [3.05, 3.63) is 40.8 Å². The van der Waals surface area contributed by atoms with Gasteiger partial charge in [0, 0.05) is 10.6 Å². The number of esters is 1. The minimum absolute atomic E-state index is 0.0820. The average molecular weight is 296 g/mol. The number of hydrogen-bond donors (Lipinski definition) is 1. The Kier molecular flexibility index (Phi) is 4.14. The zero-order chi connectivity index (χ0) is 14.7. The molecule has 6 nitrogen and oxygen atoms in total. The van der Waals surface area contributed by atoms with Crippen molar-refractivity contribution in [2.24, 2.45) is 0 Å². The minimum Gasteiger partial charge on any atom is -0.496 e. The van der Waals surface area contributed by atoms with E-state index in [4.69, 9.17) is 22.1 Å². The van der Waals surface area contributed by atoms with Crippen LogP contribution in [0.25, 0.3) is 0 Å². The summed E-state index contributed by atoms with van der Waals surface area (Å²) in [5.41, 5.74) is 6.73. The molecule has 0 amide bonds. The summed E-state index contributed by atoms with van der Waals surface area (Å²) >= 11 is 6.16. The van der Waals surface area contributed by atoms with E-state index in [1.54, 1.807) is 29.9 Å². The Balaban J connectivity index is 2.36. The smallest absolute Gasteiger partial charge is 0.360 e. The number of benzene rings is 1. The lowest BCUT2D eigenvalue weighted by Crippen LogP contribution is -2.09. The van der Waals surface area contributed by atoms with E-state index < -0.39 is 5.97 Å². The Morgan fingerprint density at radius 2 is 2.20 bits per heavy atom. The molecular formula is C13H14ClN3O3. The van der Waals surface area contributed by atoms with Crippen molar-refractivity contribution < 1.29 is 14.3 Å². The number of rotatable bonds is 4. The zero-order valence-electron chi connectivity index (χ0n) is 11.1. The highest BCUT2D eigenvalue weighted by atomic mass is 35.5. The van der Waals surface area contributed by atoms with Crippen LogP contribution in [0.1, 0.15) is 16.1 Å². The third kappa shape index (κ3) is 2.55. The topological polar surface area (TPSA) is 79.4 Å². The quantitative estimate of drug-likeness (QED) is 0.872. The Morgan fingerprint density at radius 1 is 1.45 bits per heavy atom. The lowest BCUT2D eigenvalue weighted by molar-refractivity contribution is 0.0596. The molecule has 0 aliphatic rings. The molecular weight excluding hydrogens is 282 g/mol. The van der Waals surface area contributed by atoms with Crippen LogP contribution in [0.4, 0.5) is 5.82 Å². The van der Waals surface area contributed by atoms with Crippen LogP contribution in [-0.4, -0.2) is 29.7 Å². The van der Waals surface area contributed by atoms with Gasteiger partial charge in [0.15, 0.2) is 5.69 Å². The molecule has 1 aromatic carbocycles. The van der Waals surface area contributed by atoms with E-state index in [9.17, 15) is 4.79 Å². The van der Waals surface area contributed by atoms with Crippen molar-refractivity contribution in [3.63, 3.8) is 0 Å². The van der Waals surface area contributed by atoms with Gasteiger partial charge in [-0.15, -0.1) is 0 Å². The zero-order valence-corrected chi connectivity index (χ0v) is 11.8. The number of hydrogen-bond acceptors (Lipinski definition) is 5. The number of ether oxygens (including phenoxy) is 2. The molecule has 1 heterocycles. The number of nitrogen functional groups attached to an aromatic ring is 1. The maximum absolute atomic E-state index is 11.5. The molecule has 106 valence electrons. The molecule has 0 aliphatic heterocycles. The van der Waals surface area contributed by atoms with Gasteiger partial charge in [0.25, 0.3) is 0 Å². The number of carbonyl (C=O) groups is 1. The number of imidazole rings is 1. The van der Waals surface area contributed by atoms with E-state index in [-0.39, 0.29) is 11.5 Å². The highest BCUT2D eigenvalue weighted by molar-refractivity contribution is 6.31. The van der Waals surface area contributed by atoms with Crippen molar-refractivity contribution in [1.29, 1.82) is 0 Å². The van der Waals surface area contributed by atoms with E-state index in [0.29, 0.717) is 17.3 Å². The fraction of sp³-hybridized carbons (Fsp3) is 0.231. The molecule has 2 N–H and O–H groups in total. The first-order valence-electron chi connectivity index (χ1n) is 5.78. The summed E-state index contributed by atoms with van der Waals surface area (Å²) < 4.78 is 11.5. The second kappa shape index (κ2) is 5.83. The maximum atomic E-state index is 11.5. The SMILES string of the molecule is COC(=O)c1ncn(Cc2c(Cl)cccc2OC)c1N. The molecule has 0 fully saturated rings. The van der Waals surface area contributed by atoms with Crippen LogP contribution in [0.3, 0.4) is 0 Å². The Bertz CT molecular complexity index is 640. The van der Waals surface area contributed by atoms with Gasteiger partial charge in [-0.3, -0.25) is 0 Å². The standard InChI is InChI=1S/C13H14ClN3O3/c1-19-10-5-3-4-9(14)8(10)6-17-7-16-11(12(17)15)13(18)20-2/h3-5,7H,6,15H2,1-2H3. The Labute approximate surface area is 121 Å². The lowest BCUT2D eigenvalue weighted by Gasteiger charge is -2.12. The Hall–Kier alpha value is -2.21. The first kappa shape index (κ1) is 14.2. The highest BCUT2D eigenvalue weighted by Crippen LogP contribution is 2.28. The molecule has 1 aromatic heterocycles. The second-order valence-electron chi connectivity index (χ2n) is 4.02. The summed E-state index contributed by atoms with van der Waals surface area (Å²) in [6, 6.07) is 5.35. The number of nitrogens with two attached hydrogens (primary N) is 1. The molecule has 2 aromatic rings. The van der Waals surface area contributed by atoms with Gasteiger partial charge >= 0.3 is 5.97 Å². The summed E-state index contributed by atoms with van der Waals surface area (Å²) in [7, 11) is 2.84. The van der Waals surface area contributed by atoms with Crippen LogP contribution in [0, 0.1) is 0 Å². The number of nitrogens with zero attached hydrogens (tertiary/aromatic N) is 2. The monoisotopic (exact) mass is 295 g/mol. The van der Waals surface area contributed by atoms with Gasteiger partial charge in [0.1, 0.15) is 11.6 Å². The molecule has 20 heavy (non-hydrogen) atoms. The van der Waals surface area contributed by atoms with E-state index in [0.717, 1.165) is 5.56 Å². The molecule has 0 aliphatic carbocycles. The van der Waals surface area contributed by atoms with Gasteiger partial charge in [0.05, 0.1) is 27.1 Å². The van der Waals surface area contributed by atoms with Crippen molar-refractivity contribution in [2.45, 2.75) is 6.54 Å². The third-order valence-corrected chi connectivity index (χ3v) is 3.24. The number of aromatic nitrogens is 2. The van der Waals surface area contributed by atoms with Crippen LogP contribution in [0.2, 0.25) is 5.02 Å². The van der Waals surface area contributed by atoms with Gasteiger partial charge in [-0.25, -0.2) is 9.78 Å². The number of anilines is 1. The Morgan fingerprint density at radius 3 is 2.85 bits per heavy atom. The van der Waals surface area contributed by atoms with Crippen LogP contribution < -0.4 is 10.5 Å². The van der Waals surface area contributed by atoms with Crippen LogP contribution >= 0.6 is 11.6 Å². The lowest BCUT2D eigenvalue weighted by atomic mass is 10.2. The molecule has 0 atom stereocenters. The van der Waals surface area contributed by atoms with Crippen molar-refractivity contribution in [1.82, 2.24) is 9.55 Å². The van der Waals surface area contributed by atoms with Gasteiger partial charge in [-0.05, 0) is 12.1 Å². The molecule has 0 radical (unpaired) electrons. The predicted molar refractivity (Wildman–Crippen MR) is 75.1 cm³/mol. The number of methoxy groups -OCH3 is 2. The number of carbonyl (C=O) groups excluding carboxylic acids is 1. The van der Waals surface area contributed by atoms with E-state index in [2.05, 4.69) is 9.72 Å². The molecule has 0 saturated carbocycles. The normalized spacial score (nSPS) is 10.3. The van der Waals surface area contributed by atoms with Crippen molar-refractivity contribution in [3.8, 4) is 5.75 Å². The molecule has 0 bridgehead atoms. The molecule has 0 unspecified atom stereocenters. The van der Waals surface area contributed by atoms with Gasteiger partial charge in [0.2, 0.25) is 0 Å². The van der Waals surface area contributed by atoms with Crippen molar-refractivity contribution >= 4 is 23.4 Å². The van der Waals surface area contributed by atoms with E-state index >= 15 is 0 Å². The van der Waals surface area contributed by atoms with Gasteiger partial charge in [-0.2, -0.15) is 0 Å². The fourth-order valence-electron chi connectivity index (χ4n) is 1.83. The largest absolute Gasteiger partial charge is 0.496 e. The fourth-order valence-corrected chi connectivity index (χ4v) is 2.05. The first-order valence-corrected chi connectivity index (χ1v) is 6.16. The second-order valence-corrected chi connectivity index (χ2v) is 4.43. The molecule has 0 saturated heterocycles. The third-order valence-electron chi connectivity index (χ3n) is 2.88. The van der Waals surface area contributed by atoms with Crippen LogP contribution in [0.15, 0.2) is 24.5 Å². The first-order chi connectivity index (χ1) is 9.58. The number of halogens is 1. The van der Waals surface area contributed by atoms with Crippen LogP contribution in [-0.2, 0) is 11.3 Å². The predicted octanol–water partition coefficient (Wildman–Crippen LogP) is 1.96. The molecule has 0 spiro atoms. The average Bonchev–Trinajstić information content (AvgIpc) is 2.81. The molecule has 7 heteroatoms. The summed E-state index contributed by atoms with van der Waals surface area (Å²) in [6.45, 7) is 0.346. The highest BCUT2D eigenvalue weighted by Gasteiger charge is 2.17.